The number of hydrogen-bond acceptors (Lipinski definition) is 5. The first-order chi connectivity index (χ1) is 10.2. The fourth-order valence-electron chi connectivity index (χ4n) is 1.69. The minimum absolute atomic E-state index is 0.137. The zero-order valence-corrected chi connectivity index (χ0v) is 12.4. The number of aromatic nitrogens is 1. The summed E-state index contributed by atoms with van der Waals surface area (Å²) in [6.45, 7) is 2.10. The molecule has 0 unspecified atom stereocenters. The quantitative estimate of drug-likeness (QED) is 0.627. The van der Waals surface area contributed by atoms with Gasteiger partial charge in [-0.05, 0) is 24.1 Å². The Morgan fingerprint density at radius 1 is 1.33 bits per heavy atom. The summed E-state index contributed by atoms with van der Waals surface area (Å²) in [4.78, 5) is 15.9. The lowest BCUT2D eigenvalue weighted by Gasteiger charge is -2.06. The molecule has 0 spiro atoms. The van der Waals surface area contributed by atoms with Crippen molar-refractivity contribution in [3.05, 3.63) is 59.3 Å². The summed E-state index contributed by atoms with van der Waals surface area (Å²) in [6.07, 6.45) is 1.63. The maximum atomic E-state index is 11.7. The first kappa shape index (κ1) is 15.1. The molecule has 2 rings (SSSR count). The van der Waals surface area contributed by atoms with E-state index in [2.05, 4.69) is 11.1 Å². The van der Waals surface area contributed by atoms with Gasteiger partial charge in [-0.3, -0.25) is 4.79 Å². The monoisotopic (exact) mass is 298 g/mol. The smallest absolute Gasteiger partial charge is 0.316 e. The van der Waals surface area contributed by atoms with E-state index >= 15 is 0 Å². The number of thioether (sulfide) groups is 1. The highest BCUT2D eigenvalue weighted by Crippen LogP contribution is 2.22. The SMILES string of the molecule is Cc1ccnc(SCC(=O)OCc2ccccc2)c1C#N. The minimum atomic E-state index is -0.323. The van der Waals surface area contributed by atoms with E-state index < -0.39 is 0 Å². The van der Waals surface area contributed by atoms with E-state index in [4.69, 9.17) is 10.00 Å². The highest BCUT2D eigenvalue weighted by atomic mass is 32.2. The average molecular weight is 298 g/mol. The van der Waals surface area contributed by atoms with Crippen molar-refractivity contribution in [1.29, 1.82) is 5.26 Å². The van der Waals surface area contributed by atoms with Gasteiger partial charge in [0.25, 0.3) is 0 Å². The van der Waals surface area contributed by atoms with Crippen LogP contribution in [0, 0.1) is 18.3 Å². The predicted octanol–water partition coefficient (Wildman–Crippen LogP) is 3.10. The fraction of sp³-hybridized carbons (Fsp3) is 0.188. The average Bonchev–Trinajstić information content (AvgIpc) is 2.52. The van der Waals surface area contributed by atoms with Crippen LogP contribution in [0.25, 0.3) is 0 Å². The Morgan fingerprint density at radius 2 is 2.10 bits per heavy atom. The summed E-state index contributed by atoms with van der Waals surface area (Å²) in [6, 6.07) is 13.4. The molecule has 21 heavy (non-hydrogen) atoms. The van der Waals surface area contributed by atoms with E-state index in [9.17, 15) is 4.79 Å². The van der Waals surface area contributed by atoms with Crippen molar-refractivity contribution >= 4 is 17.7 Å². The van der Waals surface area contributed by atoms with Crippen molar-refractivity contribution in [2.45, 2.75) is 18.6 Å². The minimum Gasteiger partial charge on any atom is -0.460 e. The van der Waals surface area contributed by atoms with Crippen LogP contribution in [0.5, 0.6) is 0 Å². The lowest BCUT2D eigenvalue weighted by Crippen LogP contribution is -2.07. The predicted molar refractivity (Wildman–Crippen MR) is 80.7 cm³/mol. The molecule has 1 aromatic carbocycles. The maximum absolute atomic E-state index is 11.7. The number of carbonyl (C=O) groups is 1. The molecular weight excluding hydrogens is 284 g/mol. The zero-order valence-electron chi connectivity index (χ0n) is 11.6. The topological polar surface area (TPSA) is 63.0 Å². The molecule has 0 saturated carbocycles. The summed E-state index contributed by atoms with van der Waals surface area (Å²) in [5, 5.41) is 9.66. The molecule has 0 bridgehead atoms. The Bertz CT molecular complexity index is 666. The van der Waals surface area contributed by atoms with Crippen LogP contribution in [-0.4, -0.2) is 16.7 Å². The Hall–Kier alpha value is -2.32. The summed E-state index contributed by atoms with van der Waals surface area (Å²) in [5.74, 6) is -0.186. The highest BCUT2D eigenvalue weighted by molar-refractivity contribution is 7.99. The first-order valence-electron chi connectivity index (χ1n) is 6.38. The van der Waals surface area contributed by atoms with E-state index in [0.717, 1.165) is 11.1 Å². The number of esters is 1. The van der Waals surface area contributed by atoms with Crippen molar-refractivity contribution < 1.29 is 9.53 Å². The number of hydrogen-bond donors (Lipinski definition) is 0. The molecular formula is C16H14N2O2S. The van der Waals surface area contributed by atoms with Gasteiger partial charge in [0.1, 0.15) is 17.7 Å². The normalized spacial score (nSPS) is 9.90. The van der Waals surface area contributed by atoms with Crippen LogP contribution < -0.4 is 0 Å². The van der Waals surface area contributed by atoms with Gasteiger partial charge in [-0.15, -0.1) is 0 Å². The molecule has 1 aromatic heterocycles. The van der Waals surface area contributed by atoms with E-state index in [1.165, 1.54) is 11.8 Å². The number of benzene rings is 1. The van der Waals surface area contributed by atoms with Gasteiger partial charge < -0.3 is 4.74 Å². The van der Waals surface area contributed by atoms with Gasteiger partial charge in [0.15, 0.2) is 0 Å². The molecule has 1 heterocycles. The van der Waals surface area contributed by atoms with Gasteiger partial charge in [-0.25, -0.2) is 4.98 Å². The lowest BCUT2D eigenvalue weighted by molar-refractivity contribution is -0.141. The van der Waals surface area contributed by atoms with Crippen LogP contribution in [-0.2, 0) is 16.1 Å². The van der Waals surface area contributed by atoms with E-state index in [1.807, 2.05) is 37.3 Å². The largest absolute Gasteiger partial charge is 0.460 e. The molecule has 0 aliphatic heterocycles. The second-order valence-corrected chi connectivity index (χ2v) is 5.32. The van der Waals surface area contributed by atoms with Gasteiger partial charge in [-0.2, -0.15) is 5.26 Å². The molecule has 0 radical (unpaired) electrons. The molecule has 4 nitrogen and oxygen atoms in total. The van der Waals surface area contributed by atoms with E-state index in [1.54, 1.807) is 12.3 Å². The number of carbonyl (C=O) groups excluding carboxylic acids is 1. The van der Waals surface area contributed by atoms with Crippen LogP contribution in [0.3, 0.4) is 0 Å². The molecule has 5 heteroatoms. The second kappa shape index (κ2) is 7.46. The Labute approximate surface area is 127 Å². The van der Waals surface area contributed by atoms with Crippen LogP contribution in [0.15, 0.2) is 47.6 Å². The van der Waals surface area contributed by atoms with Crippen LogP contribution >= 0.6 is 11.8 Å². The summed E-state index contributed by atoms with van der Waals surface area (Å²) >= 11 is 1.22. The number of nitrogens with zero attached hydrogens (tertiary/aromatic N) is 2. The molecule has 0 atom stereocenters. The maximum Gasteiger partial charge on any atom is 0.316 e. The highest BCUT2D eigenvalue weighted by Gasteiger charge is 2.10. The van der Waals surface area contributed by atoms with Crippen LogP contribution in [0.4, 0.5) is 0 Å². The second-order valence-electron chi connectivity index (χ2n) is 4.35. The molecule has 2 aromatic rings. The molecule has 106 valence electrons. The molecule has 0 N–H and O–H groups in total. The van der Waals surface area contributed by atoms with Crippen molar-refractivity contribution in [3.8, 4) is 6.07 Å². The van der Waals surface area contributed by atoms with Crippen molar-refractivity contribution in [3.63, 3.8) is 0 Å². The molecule has 0 aliphatic rings. The third-order valence-electron chi connectivity index (χ3n) is 2.81. The Kier molecular flexibility index (Phi) is 5.35. The molecule has 0 aliphatic carbocycles. The van der Waals surface area contributed by atoms with Crippen molar-refractivity contribution in [2.24, 2.45) is 0 Å². The van der Waals surface area contributed by atoms with Gasteiger partial charge in [0, 0.05) is 6.20 Å². The van der Waals surface area contributed by atoms with E-state index in [-0.39, 0.29) is 18.3 Å². The first-order valence-corrected chi connectivity index (χ1v) is 7.37. The molecule has 0 fully saturated rings. The van der Waals surface area contributed by atoms with Crippen molar-refractivity contribution in [1.82, 2.24) is 4.98 Å². The van der Waals surface area contributed by atoms with Gasteiger partial charge in [0.2, 0.25) is 0 Å². The third-order valence-corrected chi connectivity index (χ3v) is 3.77. The van der Waals surface area contributed by atoms with Crippen LogP contribution in [0.2, 0.25) is 0 Å². The zero-order chi connectivity index (χ0) is 15.1. The summed E-state index contributed by atoms with van der Waals surface area (Å²) in [5.41, 5.74) is 2.31. The van der Waals surface area contributed by atoms with Gasteiger partial charge in [-0.1, -0.05) is 42.1 Å². The fourth-order valence-corrected chi connectivity index (χ4v) is 2.51. The molecule has 0 amide bonds. The van der Waals surface area contributed by atoms with E-state index in [0.29, 0.717) is 10.6 Å². The summed E-state index contributed by atoms with van der Waals surface area (Å²) < 4.78 is 5.18. The third kappa shape index (κ3) is 4.33. The van der Waals surface area contributed by atoms with Gasteiger partial charge >= 0.3 is 5.97 Å². The number of aryl methyl sites for hydroxylation is 1. The number of ether oxygens (including phenoxy) is 1. The number of pyridine rings is 1. The van der Waals surface area contributed by atoms with Gasteiger partial charge in [0.05, 0.1) is 11.3 Å². The Balaban J connectivity index is 1.87. The van der Waals surface area contributed by atoms with Crippen molar-refractivity contribution in [2.75, 3.05) is 5.75 Å². The standard InChI is InChI=1S/C16H14N2O2S/c1-12-7-8-18-16(14(12)9-17)21-11-15(19)20-10-13-5-3-2-4-6-13/h2-8H,10-11H2,1H3. The van der Waals surface area contributed by atoms with Crippen LogP contribution in [0.1, 0.15) is 16.7 Å². The lowest BCUT2D eigenvalue weighted by atomic mass is 10.2. The Morgan fingerprint density at radius 3 is 2.81 bits per heavy atom. The molecule has 0 saturated heterocycles. The number of nitriles is 1. The number of rotatable bonds is 5. The summed E-state index contributed by atoms with van der Waals surface area (Å²) in [7, 11) is 0.